The summed E-state index contributed by atoms with van der Waals surface area (Å²) in [6.07, 6.45) is 31.8. The van der Waals surface area contributed by atoms with Gasteiger partial charge in [0.05, 0.1) is 18.8 Å². The molecule has 0 aromatic rings. The Hall–Kier alpha value is -2.07. The molecule has 0 aromatic carbocycles. The van der Waals surface area contributed by atoms with Gasteiger partial charge in [-0.15, -0.1) is 0 Å². The molecule has 0 amide bonds. The van der Waals surface area contributed by atoms with Crippen molar-refractivity contribution in [1.82, 2.24) is 0 Å². The monoisotopic (exact) mass is 714 g/mol. The Bertz CT molecular complexity index is 972. The van der Waals surface area contributed by atoms with Crippen LogP contribution in [0.4, 0.5) is 0 Å². The normalized spacial score (nSPS) is 14.3. The molecular weight excluding hydrogens is 647 g/mol. The molecule has 10 nitrogen and oxygen atoms in total. The van der Waals surface area contributed by atoms with Crippen LogP contribution in [0, 0.1) is 0 Å². The number of phosphoric acid groups is 1. The highest BCUT2D eigenvalue weighted by atomic mass is 31.2. The standard InChI is InChI=1S/C38H67O10P/c1-3-5-7-9-11-12-13-14-15-16-18-24-30-37(41)46-32-36(33-47-49(43,44)45)48-38(42)31-25-29-35(40)28-23-20-19-22-27-34(39)26-21-17-10-8-6-4-2/h17,19-23,27-28,34-36,39-40H,3-16,18,24-26,29-33H2,1-2H3,(H2,43,44,45)/b20-19+,21-17-,27-22+,28-23-/t34-,35-,36+/m0/s1. The van der Waals surface area contributed by atoms with Gasteiger partial charge in [0.2, 0.25) is 0 Å². The highest BCUT2D eigenvalue weighted by Crippen LogP contribution is 2.36. The summed E-state index contributed by atoms with van der Waals surface area (Å²) in [6.45, 7) is 3.39. The molecule has 0 saturated heterocycles. The molecule has 0 heterocycles. The van der Waals surface area contributed by atoms with Gasteiger partial charge in [0, 0.05) is 12.8 Å². The van der Waals surface area contributed by atoms with Crippen molar-refractivity contribution >= 4 is 19.8 Å². The first-order chi connectivity index (χ1) is 23.6. The number of hydrogen-bond donors (Lipinski definition) is 4. The van der Waals surface area contributed by atoms with E-state index in [1.807, 2.05) is 6.08 Å². The Balaban J connectivity index is 4.28. The van der Waals surface area contributed by atoms with Crippen LogP contribution < -0.4 is 0 Å². The zero-order valence-electron chi connectivity index (χ0n) is 30.3. The lowest BCUT2D eigenvalue weighted by Gasteiger charge is -2.18. The Morgan fingerprint density at radius 3 is 1.76 bits per heavy atom. The smallest absolute Gasteiger partial charge is 0.462 e. The Morgan fingerprint density at radius 1 is 0.633 bits per heavy atom. The van der Waals surface area contributed by atoms with Crippen molar-refractivity contribution in [3.05, 3.63) is 48.6 Å². The summed E-state index contributed by atoms with van der Waals surface area (Å²) in [5, 5.41) is 20.1. The van der Waals surface area contributed by atoms with Crippen molar-refractivity contribution in [1.29, 1.82) is 0 Å². The first-order valence-electron chi connectivity index (χ1n) is 18.6. The van der Waals surface area contributed by atoms with Crippen LogP contribution in [0.1, 0.15) is 149 Å². The third kappa shape index (κ3) is 35.6. The molecule has 0 aliphatic rings. The quantitative estimate of drug-likeness (QED) is 0.0170. The molecule has 284 valence electrons. The maximum atomic E-state index is 12.4. The summed E-state index contributed by atoms with van der Waals surface area (Å²) in [5.74, 6) is -1.13. The second-order valence-corrected chi connectivity index (χ2v) is 13.8. The number of hydrogen-bond acceptors (Lipinski definition) is 8. The number of unbranched alkanes of at least 4 members (excludes halogenated alkanes) is 14. The van der Waals surface area contributed by atoms with Gasteiger partial charge in [-0.25, -0.2) is 4.57 Å². The van der Waals surface area contributed by atoms with Crippen molar-refractivity contribution in [2.45, 2.75) is 167 Å². The van der Waals surface area contributed by atoms with Crippen LogP contribution in [0.3, 0.4) is 0 Å². The number of phosphoric ester groups is 1. The lowest BCUT2D eigenvalue weighted by atomic mass is 10.0. The molecule has 0 radical (unpaired) electrons. The largest absolute Gasteiger partial charge is 0.469 e. The van der Waals surface area contributed by atoms with E-state index in [1.54, 1.807) is 36.5 Å². The van der Waals surface area contributed by atoms with Gasteiger partial charge in [0.15, 0.2) is 6.10 Å². The van der Waals surface area contributed by atoms with Gasteiger partial charge in [-0.3, -0.25) is 14.1 Å². The maximum Gasteiger partial charge on any atom is 0.469 e. The maximum absolute atomic E-state index is 12.4. The molecule has 0 saturated carbocycles. The first kappa shape index (κ1) is 46.9. The van der Waals surface area contributed by atoms with Gasteiger partial charge in [-0.1, -0.05) is 146 Å². The summed E-state index contributed by atoms with van der Waals surface area (Å²) >= 11 is 0. The number of allylic oxidation sites excluding steroid dienone is 5. The SMILES string of the molecule is CCCCC/C=C\C[C@H](O)/C=C/C=C/C=C\[C@H](O)CCCC(=O)O[C@H](COC(=O)CCCCCCCCCCCCCC)COP(=O)(O)O. The van der Waals surface area contributed by atoms with Gasteiger partial charge < -0.3 is 29.5 Å². The minimum Gasteiger partial charge on any atom is -0.462 e. The van der Waals surface area contributed by atoms with E-state index in [2.05, 4.69) is 24.4 Å². The Kier molecular flexibility index (Phi) is 31.7. The lowest BCUT2D eigenvalue weighted by Crippen LogP contribution is -2.29. The minimum absolute atomic E-state index is 0.0480. The number of aliphatic hydroxyl groups is 2. The number of aliphatic hydroxyl groups excluding tert-OH is 2. The summed E-state index contributed by atoms with van der Waals surface area (Å²) in [6, 6.07) is 0. The molecule has 0 aliphatic carbocycles. The molecule has 0 fully saturated rings. The van der Waals surface area contributed by atoms with Crippen LogP contribution in [-0.4, -0.2) is 63.5 Å². The zero-order chi connectivity index (χ0) is 36.4. The second-order valence-electron chi connectivity index (χ2n) is 12.6. The van der Waals surface area contributed by atoms with E-state index in [4.69, 9.17) is 19.3 Å². The molecule has 0 rings (SSSR count). The van der Waals surface area contributed by atoms with Crippen LogP contribution in [0.2, 0.25) is 0 Å². The fourth-order valence-electron chi connectivity index (χ4n) is 4.92. The summed E-state index contributed by atoms with van der Waals surface area (Å²) in [4.78, 5) is 42.7. The fourth-order valence-corrected chi connectivity index (χ4v) is 5.28. The molecule has 0 unspecified atom stereocenters. The number of carbonyl (C=O) groups excluding carboxylic acids is 2. The van der Waals surface area contributed by atoms with E-state index in [0.717, 1.165) is 25.7 Å². The number of rotatable bonds is 33. The predicted molar refractivity (Wildman–Crippen MR) is 196 cm³/mol. The van der Waals surface area contributed by atoms with Gasteiger partial charge in [-0.2, -0.15) is 0 Å². The highest BCUT2D eigenvalue weighted by Gasteiger charge is 2.23. The van der Waals surface area contributed by atoms with Crippen LogP contribution in [-0.2, 0) is 28.2 Å². The average Bonchev–Trinajstić information content (AvgIpc) is 3.05. The summed E-state index contributed by atoms with van der Waals surface area (Å²) in [5.41, 5.74) is 0. The minimum atomic E-state index is -4.82. The molecule has 0 aliphatic heterocycles. The van der Waals surface area contributed by atoms with Crippen LogP contribution in [0.5, 0.6) is 0 Å². The van der Waals surface area contributed by atoms with Gasteiger partial charge in [-0.05, 0) is 38.5 Å². The molecule has 0 spiro atoms. The third-order valence-corrected chi connectivity index (χ3v) is 8.28. The van der Waals surface area contributed by atoms with E-state index in [0.29, 0.717) is 19.3 Å². The van der Waals surface area contributed by atoms with Crippen molar-refractivity contribution in [2.24, 2.45) is 0 Å². The summed E-state index contributed by atoms with van der Waals surface area (Å²) in [7, 11) is -4.82. The summed E-state index contributed by atoms with van der Waals surface area (Å²) < 4.78 is 26.1. The molecule has 0 bridgehead atoms. The van der Waals surface area contributed by atoms with E-state index < -0.39 is 44.7 Å². The molecular formula is C38H67O10P. The first-order valence-corrected chi connectivity index (χ1v) is 20.2. The van der Waals surface area contributed by atoms with Crippen molar-refractivity contribution in [2.75, 3.05) is 13.2 Å². The molecule has 0 aromatic heterocycles. The van der Waals surface area contributed by atoms with Crippen molar-refractivity contribution in [3.8, 4) is 0 Å². The van der Waals surface area contributed by atoms with Crippen LogP contribution in [0.25, 0.3) is 0 Å². The Morgan fingerprint density at radius 2 is 1.16 bits per heavy atom. The van der Waals surface area contributed by atoms with E-state index in [-0.39, 0.29) is 25.9 Å². The number of carbonyl (C=O) groups is 2. The average molecular weight is 715 g/mol. The van der Waals surface area contributed by atoms with E-state index in [9.17, 15) is 24.4 Å². The number of ether oxygens (including phenoxy) is 2. The van der Waals surface area contributed by atoms with Gasteiger partial charge in [0.1, 0.15) is 6.61 Å². The second kappa shape index (κ2) is 33.1. The van der Waals surface area contributed by atoms with Crippen molar-refractivity contribution in [3.63, 3.8) is 0 Å². The van der Waals surface area contributed by atoms with Gasteiger partial charge >= 0.3 is 19.8 Å². The van der Waals surface area contributed by atoms with E-state index in [1.165, 1.54) is 70.6 Å². The van der Waals surface area contributed by atoms with Crippen LogP contribution in [0.15, 0.2) is 48.6 Å². The highest BCUT2D eigenvalue weighted by molar-refractivity contribution is 7.46. The third-order valence-electron chi connectivity index (χ3n) is 7.79. The van der Waals surface area contributed by atoms with Crippen LogP contribution >= 0.6 is 7.82 Å². The molecule has 11 heteroatoms. The molecule has 49 heavy (non-hydrogen) atoms. The van der Waals surface area contributed by atoms with Gasteiger partial charge in [0.25, 0.3) is 0 Å². The lowest BCUT2D eigenvalue weighted by molar-refractivity contribution is -0.161. The predicted octanol–water partition coefficient (Wildman–Crippen LogP) is 8.73. The van der Waals surface area contributed by atoms with E-state index >= 15 is 0 Å². The van der Waals surface area contributed by atoms with Crippen molar-refractivity contribution < 1.29 is 48.2 Å². The topological polar surface area (TPSA) is 160 Å². The molecule has 4 N–H and O–H groups in total. The zero-order valence-corrected chi connectivity index (χ0v) is 31.2. The Labute approximate surface area is 296 Å². The molecule has 3 atom stereocenters. The fraction of sp³-hybridized carbons (Fsp3) is 0.737. The number of esters is 2.